The van der Waals surface area contributed by atoms with Gasteiger partial charge in [-0.05, 0) is 41.3 Å². The molecule has 27 heavy (non-hydrogen) atoms. The van der Waals surface area contributed by atoms with Gasteiger partial charge in [0.05, 0.1) is 12.6 Å². The lowest BCUT2D eigenvalue weighted by Crippen LogP contribution is -2.26. The van der Waals surface area contributed by atoms with Gasteiger partial charge in [0.1, 0.15) is 11.1 Å². The first-order chi connectivity index (χ1) is 12.9. The minimum Gasteiger partial charge on any atom is -0.481 e. The molecule has 1 saturated heterocycles. The molecule has 1 amide bonds. The van der Waals surface area contributed by atoms with E-state index in [0.717, 1.165) is 28.5 Å². The van der Waals surface area contributed by atoms with Crippen molar-refractivity contribution in [2.75, 3.05) is 0 Å². The standard InChI is InChI=1S/C19H16FN3O3S/c1-11-5-6-14(8-15(11)20)13-4-2-3-12(7-13)10-21-23-19-22-18(26)16(27-19)9-17(24)25/h2-8,10,16H,9H2,1H3,(H,24,25)(H,22,23,26). The summed E-state index contributed by atoms with van der Waals surface area (Å²) in [5, 5.41) is 18.7. The van der Waals surface area contributed by atoms with Gasteiger partial charge in [0.25, 0.3) is 0 Å². The van der Waals surface area contributed by atoms with Crippen LogP contribution in [0.15, 0.2) is 52.7 Å². The molecule has 1 aliphatic heterocycles. The average molecular weight is 385 g/mol. The summed E-state index contributed by atoms with van der Waals surface area (Å²) in [6.07, 6.45) is 1.24. The third kappa shape index (κ3) is 4.79. The summed E-state index contributed by atoms with van der Waals surface area (Å²) in [5.74, 6) is -1.70. The second-order valence-corrected chi connectivity index (χ2v) is 7.12. The molecule has 1 aliphatic rings. The topological polar surface area (TPSA) is 91.1 Å². The van der Waals surface area contributed by atoms with Gasteiger partial charge in [0.15, 0.2) is 5.17 Å². The van der Waals surface area contributed by atoms with Crippen LogP contribution < -0.4 is 5.32 Å². The number of amides is 1. The van der Waals surface area contributed by atoms with Gasteiger partial charge in [0, 0.05) is 0 Å². The van der Waals surface area contributed by atoms with Crippen molar-refractivity contribution < 1.29 is 19.1 Å². The van der Waals surface area contributed by atoms with E-state index in [2.05, 4.69) is 15.5 Å². The summed E-state index contributed by atoms with van der Waals surface area (Å²) < 4.78 is 13.8. The Hall–Kier alpha value is -3.00. The minimum absolute atomic E-state index is 0.261. The van der Waals surface area contributed by atoms with Crippen LogP contribution in [0.3, 0.4) is 0 Å². The fourth-order valence-corrected chi connectivity index (χ4v) is 3.38. The average Bonchev–Trinajstić information content (AvgIpc) is 2.96. The van der Waals surface area contributed by atoms with E-state index in [1.807, 2.05) is 30.3 Å². The van der Waals surface area contributed by atoms with E-state index in [0.29, 0.717) is 5.56 Å². The van der Waals surface area contributed by atoms with Crippen LogP contribution in [-0.4, -0.2) is 33.6 Å². The van der Waals surface area contributed by atoms with Crippen molar-refractivity contribution in [3.05, 3.63) is 59.4 Å². The molecule has 1 atom stereocenters. The van der Waals surface area contributed by atoms with Gasteiger partial charge < -0.3 is 10.4 Å². The number of nitrogens with one attached hydrogen (secondary N) is 1. The molecular formula is C19H16FN3O3S. The van der Waals surface area contributed by atoms with E-state index in [-0.39, 0.29) is 23.3 Å². The predicted molar refractivity (Wildman–Crippen MR) is 103 cm³/mol. The first kappa shape index (κ1) is 18.8. The number of amidine groups is 1. The van der Waals surface area contributed by atoms with Crippen LogP contribution in [0.2, 0.25) is 0 Å². The molecule has 6 nitrogen and oxygen atoms in total. The lowest BCUT2D eigenvalue weighted by molar-refractivity contribution is -0.138. The van der Waals surface area contributed by atoms with Gasteiger partial charge in [-0.25, -0.2) is 4.39 Å². The molecule has 8 heteroatoms. The summed E-state index contributed by atoms with van der Waals surface area (Å²) >= 11 is 1.04. The molecule has 1 unspecified atom stereocenters. The molecule has 0 aromatic heterocycles. The van der Waals surface area contributed by atoms with Crippen molar-refractivity contribution in [1.29, 1.82) is 0 Å². The van der Waals surface area contributed by atoms with Crippen LogP contribution in [0.1, 0.15) is 17.5 Å². The maximum atomic E-state index is 13.8. The number of hydrogen-bond donors (Lipinski definition) is 2. The zero-order valence-electron chi connectivity index (χ0n) is 14.3. The summed E-state index contributed by atoms with van der Waals surface area (Å²) in [6, 6.07) is 12.4. The van der Waals surface area contributed by atoms with Crippen molar-refractivity contribution in [2.45, 2.75) is 18.6 Å². The smallest absolute Gasteiger partial charge is 0.305 e. The van der Waals surface area contributed by atoms with Gasteiger partial charge in [-0.3, -0.25) is 9.59 Å². The molecule has 1 fully saturated rings. The summed E-state index contributed by atoms with van der Waals surface area (Å²) in [7, 11) is 0. The van der Waals surface area contributed by atoms with Gasteiger partial charge in [0.2, 0.25) is 5.91 Å². The molecule has 0 radical (unpaired) electrons. The Morgan fingerprint density at radius 3 is 2.81 bits per heavy atom. The van der Waals surface area contributed by atoms with Gasteiger partial charge in [-0.15, -0.1) is 5.10 Å². The highest BCUT2D eigenvalue weighted by Gasteiger charge is 2.32. The molecule has 0 spiro atoms. The highest BCUT2D eigenvalue weighted by molar-refractivity contribution is 8.15. The summed E-state index contributed by atoms with van der Waals surface area (Å²) in [4.78, 5) is 22.4. The fraction of sp³-hybridized carbons (Fsp3) is 0.158. The second kappa shape index (κ2) is 8.13. The van der Waals surface area contributed by atoms with Crippen molar-refractivity contribution in [3.8, 4) is 11.1 Å². The van der Waals surface area contributed by atoms with Crippen molar-refractivity contribution in [1.82, 2.24) is 5.32 Å². The van der Waals surface area contributed by atoms with E-state index in [1.54, 1.807) is 13.0 Å². The number of carbonyl (C=O) groups excluding carboxylic acids is 1. The quantitative estimate of drug-likeness (QED) is 0.611. The Bertz CT molecular complexity index is 959. The third-order valence-electron chi connectivity index (χ3n) is 3.88. The number of carboxylic acid groups (broad SMARTS) is 1. The highest BCUT2D eigenvalue weighted by atomic mass is 32.2. The number of hydrogen-bond acceptors (Lipinski definition) is 5. The normalized spacial score (nSPS) is 18.2. The maximum Gasteiger partial charge on any atom is 0.305 e. The SMILES string of the molecule is Cc1ccc(-c2cccc(C=NN=C3NC(=O)C(CC(=O)O)S3)c2)cc1F. The number of nitrogens with zero attached hydrogens (tertiary/aromatic N) is 2. The molecule has 0 saturated carbocycles. The van der Waals surface area contributed by atoms with Crippen molar-refractivity contribution in [3.63, 3.8) is 0 Å². The number of aliphatic carboxylic acids is 1. The lowest BCUT2D eigenvalue weighted by Gasteiger charge is -2.04. The molecule has 1 heterocycles. The van der Waals surface area contributed by atoms with Crippen LogP contribution in [-0.2, 0) is 9.59 Å². The monoisotopic (exact) mass is 385 g/mol. The zero-order valence-corrected chi connectivity index (χ0v) is 15.2. The van der Waals surface area contributed by atoms with E-state index in [4.69, 9.17) is 5.11 Å². The van der Waals surface area contributed by atoms with E-state index in [9.17, 15) is 14.0 Å². The Balaban J connectivity index is 1.72. The van der Waals surface area contributed by atoms with Crippen LogP contribution >= 0.6 is 11.8 Å². The summed E-state index contributed by atoms with van der Waals surface area (Å²) in [5.41, 5.74) is 2.95. The first-order valence-corrected chi connectivity index (χ1v) is 8.97. The molecule has 3 rings (SSSR count). The molecule has 2 aromatic carbocycles. The van der Waals surface area contributed by atoms with Crippen molar-refractivity contribution in [2.24, 2.45) is 10.2 Å². The Kier molecular flexibility index (Phi) is 5.66. The number of rotatable bonds is 5. The van der Waals surface area contributed by atoms with Crippen molar-refractivity contribution >= 4 is 35.0 Å². The number of carboxylic acids is 1. The Morgan fingerprint density at radius 2 is 2.07 bits per heavy atom. The number of aryl methyl sites for hydroxylation is 1. The largest absolute Gasteiger partial charge is 0.481 e. The molecule has 138 valence electrons. The van der Waals surface area contributed by atoms with E-state index < -0.39 is 11.2 Å². The molecular weight excluding hydrogens is 369 g/mol. The molecule has 0 bridgehead atoms. The van der Waals surface area contributed by atoms with E-state index in [1.165, 1.54) is 12.3 Å². The van der Waals surface area contributed by atoms with Crippen LogP contribution in [0.25, 0.3) is 11.1 Å². The van der Waals surface area contributed by atoms with Gasteiger partial charge >= 0.3 is 5.97 Å². The fourth-order valence-electron chi connectivity index (χ4n) is 2.46. The zero-order chi connectivity index (χ0) is 19.4. The molecule has 0 aliphatic carbocycles. The maximum absolute atomic E-state index is 13.8. The predicted octanol–water partition coefficient (Wildman–Crippen LogP) is 3.20. The number of benzene rings is 2. The highest BCUT2D eigenvalue weighted by Crippen LogP contribution is 2.23. The Labute approximate surface area is 159 Å². The Morgan fingerprint density at radius 1 is 1.30 bits per heavy atom. The van der Waals surface area contributed by atoms with Crippen LogP contribution in [0, 0.1) is 12.7 Å². The lowest BCUT2D eigenvalue weighted by atomic mass is 10.0. The number of thioether (sulfide) groups is 1. The molecule has 2 aromatic rings. The second-order valence-electron chi connectivity index (χ2n) is 5.93. The van der Waals surface area contributed by atoms with Crippen LogP contribution in [0.4, 0.5) is 4.39 Å². The summed E-state index contributed by atoms with van der Waals surface area (Å²) in [6.45, 7) is 1.71. The van der Waals surface area contributed by atoms with Gasteiger partial charge in [-0.1, -0.05) is 42.1 Å². The first-order valence-electron chi connectivity index (χ1n) is 8.09. The minimum atomic E-state index is -1.04. The molecule has 2 N–H and O–H groups in total. The number of halogens is 1. The van der Waals surface area contributed by atoms with E-state index >= 15 is 0 Å². The number of carbonyl (C=O) groups is 2. The van der Waals surface area contributed by atoms with Gasteiger partial charge in [-0.2, -0.15) is 5.10 Å². The van der Waals surface area contributed by atoms with Crippen LogP contribution in [0.5, 0.6) is 0 Å². The third-order valence-corrected chi connectivity index (χ3v) is 4.96.